The molecule has 4 rings (SSSR count). The molecule has 30 heavy (non-hydrogen) atoms. The van der Waals surface area contributed by atoms with Crippen LogP contribution in [0.3, 0.4) is 0 Å². The maximum Gasteiger partial charge on any atom is 0.329 e. The number of hydrogen-bond acceptors (Lipinski definition) is 6. The van der Waals surface area contributed by atoms with E-state index in [9.17, 15) is 9.59 Å². The molecule has 154 valence electrons. The first-order valence-electron chi connectivity index (χ1n) is 9.63. The summed E-state index contributed by atoms with van der Waals surface area (Å²) in [6.07, 6.45) is 5.96. The van der Waals surface area contributed by atoms with Crippen molar-refractivity contribution in [3.63, 3.8) is 0 Å². The number of hydrogen-bond donors (Lipinski definition) is 1. The molecule has 1 saturated heterocycles. The number of urea groups is 1. The summed E-state index contributed by atoms with van der Waals surface area (Å²) in [6.45, 7) is 4.04. The van der Waals surface area contributed by atoms with Crippen molar-refractivity contribution in [3.05, 3.63) is 48.5 Å². The van der Waals surface area contributed by atoms with Crippen molar-refractivity contribution in [2.24, 2.45) is 13.0 Å². The van der Waals surface area contributed by atoms with Gasteiger partial charge < -0.3 is 4.74 Å². The predicted octanol–water partition coefficient (Wildman–Crippen LogP) is 3.38. The highest BCUT2D eigenvalue weighted by Gasteiger charge is 2.32. The number of pyridine rings is 2. The number of likely N-dealkylation sites (tertiary alicyclic amines) is 1. The van der Waals surface area contributed by atoms with E-state index in [4.69, 9.17) is 4.74 Å². The Bertz CT molecular complexity index is 1110. The van der Waals surface area contributed by atoms with Gasteiger partial charge in [-0.1, -0.05) is 6.92 Å². The van der Waals surface area contributed by atoms with Gasteiger partial charge in [0.2, 0.25) is 5.91 Å². The third-order valence-corrected chi connectivity index (χ3v) is 4.95. The van der Waals surface area contributed by atoms with E-state index in [1.54, 1.807) is 42.2 Å². The van der Waals surface area contributed by atoms with Crippen LogP contribution in [-0.2, 0) is 11.8 Å². The molecule has 9 nitrogen and oxygen atoms in total. The number of carbonyl (C=O) groups is 2. The van der Waals surface area contributed by atoms with Crippen LogP contribution in [0, 0.1) is 12.8 Å². The number of nitrogens with one attached hydrogen (secondary N) is 1. The monoisotopic (exact) mass is 406 g/mol. The standard InChI is InChI=1S/C21H22N6O3/c1-13-7-9-27(20(13)28)21(29)25-19-5-4-18(14(2)24-19)30-16-6-8-22-17(10-16)15-11-23-26(3)12-15/h4-6,8,10-13H,7,9H2,1-3H3,(H,24,25,29). The average molecular weight is 406 g/mol. The molecule has 9 heteroatoms. The molecular formula is C21H22N6O3. The van der Waals surface area contributed by atoms with Crippen LogP contribution >= 0.6 is 0 Å². The minimum Gasteiger partial charge on any atom is -0.455 e. The van der Waals surface area contributed by atoms with Gasteiger partial charge in [-0.3, -0.25) is 24.7 Å². The molecule has 1 aliphatic rings. The Morgan fingerprint density at radius 3 is 2.80 bits per heavy atom. The lowest BCUT2D eigenvalue weighted by Crippen LogP contribution is -2.37. The number of aromatic nitrogens is 4. The fraction of sp³-hybridized carbons (Fsp3) is 0.286. The molecule has 1 N–H and O–H groups in total. The van der Waals surface area contributed by atoms with Gasteiger partial charge >= 0.3 is 6.03 Å². The summed E-state index contributed by atoms with van der Waals surface area (Å²) in [5.74, 6) is 1.25. The van der Waals surface area contributed by atoms with Crippen LogP contribution in [-0.4, -0.2) is 43.1 Å². The number of imide groups is 1. The van der Waals surface area contributed by atoms with Crippen LogP contribution in [0.15, 0.2) is 42.9 Å². The largest absolute Gasteiger partial charge is 0.455 e. The third-order valence-electron chi connectivity index (χ3n) is 4.95. The predicted molar refractivity (Wildman–Crippen MR) is 110 cm³/mol. The van der Waals surface area contributed by atoms with E-state index in [1.807, 2.05) is 26.2 Å². The molecule has 0 radical (unpaired) electrons. The quantitative estimate of drug-likeness (QED) is 0.713. The zero-order valence-corrected chi connectivity index (χ0v) is 17.0. The number of aryl methyl sites for hydroxylation is 2. The van der Waals surface area contributed by atoms with Crippen molar-refractivity contribution < 1.29 is 14.3 Å². The van der Waals surface area contributed by atoms with Crippen molar-refractivity contribution in [1.29, 1.82) is 0 Å². The molecule has 4 heterocycles. The van der Waals surface area contributed by atoms with Gasteiger partial charge in [-0.25, -0.2) is 9.78 Å². The van der Waals surface area contributed by atoms with Crippen LogP contribution in [0.1, 0.15) is 19.0 Å². The number of nitrogens with zero attached hydrogens (tertiary/aromatic N) is 5. The maximum atomic E-state index is 12.3. The second-order valence-electron chi connectivity index (χ2n) is 7.27. The molecule has 1 unspecified atom stereocenters. The second kappa shape index (κ2) is 7.94. The van der Waals surface area contributed by atoms with Gasteiger partial charge in [0.1, 0.15) is 17.3 Å². The van der Waals surface area contributed by atoms with Crippen LogP contribution in [0.2, 0.25) is 0 Å². The number of anilines is 1. The zero-order chi connectivity index (χ0) is 21.3. The van der Waals surface area contributed by atoms with Crippen LogP contribution in [0.4, 0.5) is 10.6 Å². The summed E-state index contributed by atoms with van der Waals surface area (Å²) >= 11 is 0. The van der Waals surface area contributed by atoms with Crippen molar-refractivity contribution in [1.82, 2.24) is 24.6 Å². The Labute approximate surface area is 173 Å². The van der Waals surface area contributed by atoms with E-state index < -0.39 is 6.03 Å². The molecule has 0 aromatic carbocycles. The SMILES string of the molecule is Cc1nc(NC(=O)N2CCC(C)C2=O)ccc1Oc1ccnc(-c2cnn(C)c2)c1. The molecule has 0 aliphatic carbocycles. The highest BCUT2D eigenvalue weighted by molar-refractivity contribution is 6.02. The summed E-state index contributed by atoms with van der Waals surface area (Å²) in [4.78, 5) is 34.3. The topological polar surface area (TPSA) is 102 Å². The molecular weight excluding hydrogens is 384 g/mol. The summed E-state index contributed by atoms with van der Waals surface area (Å²) < 4.78 is 7.67. The van der Waals surface area contributed by atoms with Gasteiger partial charge in [0, 0.05) is 43.5 Å². The van der Waals surface area contributed by atoms with Gasteiger partial charge in [-0.2, -0.15) is 5.10 Å². The van der Waals surface area contributed by atoms with Gasteiger partial charge in [0.05, 0.1) is 17.6 Å². The smallest absolute Gasteiger partial charge is 0.329 e. The summed E-state index contributed by atoms with van der Waals surface area (Å²) in [6, 6.07) is 6.51. The highest BCUT2D eigenvalue weighted by Crippen LogP contribution is 2.28. The lowest BCUT2D eigenvalue weighted by atomic mass is 10.1. The Morgan fingerprint density at radius 2 is 2.13 bits per heavy atom. The first-order chi connectivity index (χ1) is 14.4. The van der Waals surface area contributed by atoms with Crippen molar-refractivity contribution >= 4 is 17.8 Å². The van der Waals surface area contributed by atoms with Gasteiger partial charge in [0.25, 0.3) is 0 Å². The minimum absolute atomic E-state index is 0.127. The number of ether oxygens (including phenoxy) is 1. The summed E-state index contributed by atoms with van der Waals surface area (Å²) in [5, 5.41) is 6.84. The third kappa shape index (κ3) is 4.00. The number of amides is 3. The van der Waals surface area contributed by atoms with Crippen LogP contribution in [0.5, 0.6) is 11.5 Å². The first kappa shape index (κ1) is 19.6. The van der Waals surface area contributed by atoms with E-state index in [1.165, 1.54) is 4.90 Å². The molecule has 1 aliphatic heterocycles. The Kier molecular flexibility index (Phi) is 5.18. The van der Waals surface area contributed by atoms with Gasteiger partial charge in [-0.15, -0.1) is 0 Å². The van der Waals surface area contributed by atoms with Gasteiger partial charge in [-0.05, 0) is 31.5 Å². The molecule has 1 fully saturated rings. The molecule has 3 aromatic heterocycles. The number of rotatable bonds is 4. The van der Waals surface area contributed by atoms with E-state index in [0.717, 1.165) is 11.3 Å². The van der Waals surface area contributed by atoms with Crippen LogP contribution < -0.4 is 10.1 Å². The Balaban J connectivity index is 1.46. The molecule has 0 bridgehead atoms. The minimum atomic E-state index is -0.458. The van der Waals surface area contributed by atoms with E-state index in [0.29, 0.717) is 36.0 Å². The Hall–Kier alpha value is -3.75. The summed E-state index contributed by atoms with van der Waals surface area (Å²) in [7, 11) is 1.85. The molecule has 0 spiro atoms. The van der Waals surface area contributed by atoms with Crippen LogP contribution in [0.25, 0.3) is 11.3 Å². The maximum absolute atomic E-state index is 12.3. The normalized spacial score (nSPS) is 16.0. The lowest BCUT2D eigenvalue weighted by molar-refractivity contribution is -0.127. The fourth-order valence-electron chi connectivity index (χ4n) is 3.24. The second-order valence-corrected chi connectivity index (χ2v) is 7.27. The fourth-order valence-corrected chi connectivity index (χ4v) is 3.24. The van der Waals surface area contributed by atoms with Crippen molar-refractivity contribution in [2.45, 2.75) is 20.3 Å². The molecule has 0 saturated carbocycles. The van der Waals surface area contributed by atoms with E-state index in [2.05, 4.69) is 20.4 Å². The molecule has 3 amide bonds. The van der Waals surface area contributed by atoms with Gasteiger partial charge in [0.15, 0.2) is 0 Å². The average Bonchev–Trinajstić information content (AvgIpc) is 3.30. The van der Waals surface area contributed by atoms with E-state index in [-0.39, 0.29) is 11.8 Å². The molecule has 1 atom stereocenters. The van der Waals surface area contributed by atoms with E-state index >= 15 is 0 Å². The zero-order valence-electron chi connectivity index (χ0n) is 17.0. The van der Waals surface area contributed by atoms with Crippen molar-refractivity contribution in [3.8, 4) is 22.8 Å². The van der Waals surface area contributed by atoms with Crippen molar-refractivity contribution in [2.75, 3.05) is 11.9 Å². The Morgan fingerprint density at radius 1 is 1.30 bits per heavy atom. The lowest BCUT2D eigenvalue weighted by Gasteiger charge is -2.15. The molecule has 3 aromatic rings. The highest BCUT2D eigenvalue weighted by atomic mass is 16.5. The number of carbonyl (C=O) groups excluding carboxylic acids is 2. The summed E-state index contributed by atoms with van der Waals surface area (Å²) in [5.41, 5.74) is 2.25. The first-order valence-corrected chi connectivity index (χ1v) is 9.63.